The molecule has 0 amide bonds. The van der Waals surface area contributed by atoms with E-state index in [1.165, 1.54) is 0 Å². The molecule has 0 heterocycles. The molecule has 0 spiro atoms. The van der Waals surface area contributed by atoms with Crippen LogP contribution < -0.4 is 5.46 Å². The third kappa shape index (κ3) is 3.21. The summed E-state index contributed by atoms with van der Waals surface area (Å²) in [5, 5.41) is 17.5. The van der Waals surface area contributed by atoms with Gasteiger partial charge in [-0.25, -0.2) is 8.42 Å². The lowest BCUT2D eigenvalue weighted by molar-refractivity contribution is -0.137. The van der Waals surface area contributed by atoms with Crippen molar-refractivity contribution in [2.24, 2.45) is 0 Å². The second kappa shape index (κ2) is 4.32. The van der Waals surface area contributed by atoms with Gasteiger partial charge in [0.1, 0.15) is 0 Å². The van der Waals surface area contributed by atoms with Gasteiger partial charge in [0.2, 0.25) is 0 Å². The van der Waals surface area contributed by atoms with Crippen LogP contribution in [0.1, 0.15) is 5.56 Å². The van der Waals surface area contributed by atoms with Crippen LogP contribution >= 0.6 is 0 Å². The topological polar surface area (TPSA) is 74.6 Å². The SMILES string of the molecule is CS(=O)(=O)c1ccc(B(O)O)c(C(F)(F)F)c1. The van der Waals surface area contributed by atoms with Gasteiger partial charge in [-0.3, -0.25) is 0 Å². The first-order chi connectivity index (χ1) is 7.53. The van der Waals surface area contributed by atoms with E-state index in [1.807, 2.05) is 0 Å². The van der Waals surface area contributed by atoms with Crippen LogP contribution in [0.5, 0.6) is 0 Å². The number of halogens is 3. The van der Waals surface area contributed by atoms with Crippen molar-refractivity contribution in [2.75, 3.05) is 6.26 Å². The highest BCUT2D eigenvalue weighted by Gasteiger charge is 2.37. The number of rotatable bonds is 2. The third-order valence-corrected chi connectivity index (χ3v) is 3.15. The average Bonchev–Trinajstić information content (AvgIpc) is 2.14. The predicted octanol–water partition coefficient (Wildman–Crippen LogP) is -0.211. The fourth-order valence-electron chi connectivity index (χ4n) is 1.24. The zero-order valence-electron chi connectivity index (χ0n) is 8.56. The van der Waals surface area contributed by atoms with Gasteiger partial charge >= 0.3 is 13.3 Å². The lowest BCUT2D eigenvalue weighted by Gasteiger charge is -2.13. The van der Waals surface area contributed by atoms with Crippen molar-refractivity contribution in [3.8, 4) is 0 Å². The van der Waals surface area contributed by atoms with E-state index in [9.17, 15) is 21.6 Å². The fourth-order valence-corrected chi connectivity index (χ4v) is 1.88. The molecule has 0 fully saturated rings. The van der Waals surface area contributed by atoms with Crippen LogP contribution in [0.4, 0.5) is 13.2 Å². The van der Waals surface area contributed by atoms with Gasteiger partial charge in [-0.1, -0.05) is 6.07 Å². The summed E-state index contributed by atoms with van der Waals surface area (Å²) in [6, 6.07) is 1.99. The Bertz CT molecular complexity index is 524. The molecule has 4 nitrogen and oxygen atoms in total. The zero-order valence-corrected chi connectivity index (χ0v) is 9.38. The Hall–Kier alpha value is -1.06. The summed E-state index contributed by atoms with van der Waals surface area (Å²) in [7, 11) is -6.11. The van der Waals surface area contributed by atoms with E-state index < -0.39 is 39.1 Å². The summed E-state index contributed by atoms with van der Waals surface area (Å²) in [6.45, 7) is 0. The van der Waals surface area contributed by atoms with E-state index in [1.54, 1.807) is 0 Å². The van der Waals surface area contributed by atoms with E-state index in [4.69, 9.17) is 10.0 Å². The molecule has 0 bridgehead atoms. The maximum atomic E-state index is 12.6. The smallest absolute Gasteiger partial charge is 0.423 e. The Balaban J connectivity index is 3.51. The Morgan fingerprint density at radius 3 is 2.12 bits per heavy atom. The monoisotopic (exact) mass is 268 g/mol. The van der Waals surface area contributed by atoms with Crippen LogP contribution in [-0.4, -0.2) is 31.8 Å². The van der Waals surface area contributed by atoms with Gasteiger partial charge in [0, 0.05) is 6.26 Å². The Kier molecular flexibility index (Phi) is 3.56. The molecule has 0 aromatic heterocycles. The van der Waals surface area contributed by atoms with E-state index in [2.05, 4.69) is 0 Å². The minimum Gasteiger partial charge on any atom is -0.423 e. The molecule has 1 rings (SSSR count). The lowest BCUT2D eigenvalue weighted by atomic mass is 9.77. The van der Waals surface area contributed by atoms with Crippen molar-refractivity contribution in [2.45, 2.75) is 11.1 Å². The molecule has 94 valence electrons. The molecule has 0 aliphatic rings. The Labute approximate surface area is 95.8 Å². The van der Waals surface area contributed by atoms with Gasteiger partial charge in [-0.05, 0) is 17.6 Å². The summed E-state index contributed by atoms with van der Waals surface area (Å²) in [4.78, 5) is -0.533. The number of benzene rings is 1. The molecule has 0 aliphatic carbocycles. The van der Waals surface area contributed by atoms with Gasteiger partial charge in [0.25, 0.3) is 0 Å². The van der Waals surface area contributed by atoms with Crippen molar-refractivity contribution >= 4 is 22.4 Å². The number of hydrogen-bond donors (Lipinski definition) is 2. The minimum atomic E-state index is -4.86. The van der Waals surface area contributed by atoms with Gasteiger partial charge in [0.15, 0.2) is 9.84 Å². The largest absolute Gasteiger partial charge is 0.489 e. The van der Waals surface area contributed by atoms with Crippen LogP contribution in [0.3, 0.4) is 0 Å². The summed E-state index contributed by atoms with van der Waals surface area (Å²) in [5.41, 5.74) is -2.17. The molecule has 0 radical (unpaired) electrons. The first-order valence-electron chi connectivity index (χ1n) is 4.31. The molecule has 0 aliphatic heterocycles. The van der Waals surface area contributed by atoms with Crippen molar-refractivity contribution in [3.05, 3.63) is 23.8 Å². The van der Waals surface area contributed by atoms with Crippen LogP contribution in [0.15, 0.2) is 23.1 Å². The van der Waals surface area contributed by atoms with Gasteiger partial charge in [0.05, 0.1) is 10.5 Å². The molecule has 9 heteroatoms. The maximum Gasteiger partial charge on any atom is 0.489 e. The van der Waals surface area contributed by atoms with E-state index in [0.29, 0.717) is 6.07 Å². The van der Waals surface area contributed by atoms with Crippen LogP contribution in [0, 0.1) is 0 Å². The quantitative estimate of drug-likeness (QED) is 0.728. The first kappa shape index (κ1) is 14.0. The van der Waals surface area contributed by atoms with E-state index >= 15 is 0 Å². The Morgan fingerprint density at radius 2 is 1.76 bits per heavy atom. The van der Waals surface area contributed by atoms with Gasteiger partial charge in [-0.2, -0.15) is 13.2 Å². The van der Waals surface area contributed by atoms with Crippen LogP contribution in [0.25, 0.3) is 0 Å². The molecule has 0 atom stereocenters. The highest BCUT2D eigenvalue weighted by Crippen LogP contribution is 2.29. The molecular weight excluding hydrogens is 260 g/mol. The van der Waals surface area contributed by atoms with Crippen molar-refractivity contribution in [1.29, 1.82) is 0 Å². The summed E-state index contributed by atoms with van der Waals surface area (Å²) in [5.74, 6) is 0. The highest BCUT2D eigenvalue weighted by molar-refractivity contribution is 7.90. The molecule has 0 saturated carbocycles. The molecule has 1 aromatic rings. The van der Waals surface area contributed by atoms with Gasteiger partial charge < -0.3 is 10.0 Å². The van der Waals surface area contributed by atoms with Crippen LogP contribution in [-0.2, 0) is 16.0 Å². The number of hydrogen-bond acceptors (Lipinski definition) is 4. The lowest BCUT2D eigenvalue weighted by Crippen LogP contribution is -2.36. The second-order valence-corrected chi connectivity index (χ2v) is 5.41. The standard InChI is InChI=1S/C8H8BF3O4S/c1-17(15,16)5-2-3-7(9(13)14)6(4-5)8(10,11)12/h2-4,13-14H,1H3. The second-order valence-electron chi connectivity index (χ2n) is 3.39. The summed E-state index contributed by atoms with van der Waals surface area (Å²) >= 11 is 0. The number of sulfone groups is 1. The molecule has 0 unspecified atom stereocenters. The van der Waals surface area contributed by atoms with Crippen molar-refractivity contribution < 1.29 is 31.6 Å². The summed E-state index contributed by atoms with van der Waals surface area (Å²) in [6.07, 6.45) is -4.10. The van der Waals surface area contributed by atoms with Crippen LogP contribution in [0.2, 0.25) is 0 Å². The molecule has 17 heavy (non-hydrogen) atoms. The van der Waals surface area contributed by atoms with E-state index in [0.717, 1.165) is 18.4 Å². The molecular formula is C8H8BF3O4S. The minimum absolute atomic E-state index is 0.379. The zero-order chi connectivity index (χ0) is 13.4. The predicted molar refractivity (Wildman–Crippen MR) is 54.4 cm³/mol. The summed E-state index contributed by atoms with van der Waals surface area (Å²) < 4.78 is 59.9. The average molecular weight is 268 g/mol. The maximum absolute atomic E-state index is 12.6. The number of alkyl halides is 3. The highest BCUT2D eigenvalue weighted by atomic mass is 32.2. The fraction of sp³-hybridized carbons (Fsp3) is 0.250. The first-order valence-corrected chi connectivity index (χ1v) is 6.20. The van der Waals surface area contributed by atoms with Crippen molar-refractivity contribution in [1.82, 2.24) is 0 Å². The van der Waals surface area contributed by atoms with Crippen molar-refractivity contribution in [3.63, 3.8) is 0 Å². The normalized spacial score (nSPS) is 12.6. The molecule has 0 saturated heterocycles. The van der Waals surface area contributed by atoms with Gasteiger partial charge in [-0.15, -0.1) is 0 Å². The third-order valence-electron chi connectivity index (χ3n) is 2.04. The molecule has 1 aromatic carbocycles. The van der Waals surface area contributed by atoms with E-state index in [-0.39, 0.29) is 0 Å². The molecule has 2 N–H and O–H groups in total. The Morgan fingerprint density at radius 1 is 1.24 bits per heavy atom.